The van der Waals surface area contributed by atoms with Gasteiger partial charge in [0.2, 0.25) is 0 Å². The summed E-state index contributed by atoms with van der Waals surface area (Å²) in [7, 11) is 0. The van der Waals surface area contributed by atoms with Crippen LogP contribution < -0.4 is 11.1 Å². The van der Waals surface area contributed by atoms with Crippen LogP contribution in [0.5, 0.6) is 0 Å². The van der Waals surface area contributed by atoms with Crippen LogP contribution in [0, 0.1) is 11.6 Å². The molecule has 0 atom stereocenters. The molecular formula is C12H14F2N2OS. The van der Waals surface area contributed by atoms with Gasteiger partial charge in [0.25, 0.3) is 5.91 Å². The highest BCUT2D eigenvalue weighted by molar-refractivity contribution is 7.99. The van der Waals surface area contributed by atoms with Crippen molar-refractivity contribution in [2.45, 2.75) is 0 Å². The predicted molar refractivity (Wildman–Crippen MR) is 70.6 cm³/mol. The van der Waals surface area contributed by atoms with Gasteiger partial charge in [0.05, 0.1) is 11.3 Å². The topological polar surface area (TPSA) is 55.1 Å². The summed E-state index contributed by atoms with van der Waals surface area (Å²) in [5.41, 5.74) is 4.79. The lowest BCUT2D eigenvalue weighted by atomic mass is 10.1. The number of amides is 1. The van der Waals surface area contributed by atoms with Crippen molar-refractivity contribution in [2.75, 3.05) is 23.8 Å². The second-order valence-corrected chi connectivity index (χ2v) is 4.62. The lowest BCUT2D eigenvalue weighted by Gasteiger charge is -2.07. The summed E-state index contributed by atoms with van der Waals surface area (Å²) in [5.74, 6) is -0.911. The van der Waals surface area contributed by atoms with Crippen molar-refractivity contribution < 1.29 is 13.6 Å². The van der Waals surface area contributed by atoms with Crippen LogP contribution >= 0.6 is 11.8 Å². The largest absolute Gasteiger partial charge is 0.396 e. The average Bonchev–Trinajstić information content (AvgIpc) is 2.33. The van der Waals surface area contributed by atoms with E-state index in [4.69, 9.17) is 5.73 Å². The van der Waals surface area contributed by atoms with E-state index in [1.54, 1.807) is 17.8 Å². The van der Waals surface area contributed by atoms with E-state index in [2.05, 4.69) is 11.9 Å². The second kappa shape index (κ2) is 7.00. The van der Waals surface area contributed by atoms with Crippen LogP contribution in [0.2, 0.25) is 0 Å². The molecular weight excluding hydrogens is 258 g/mol. The summed E-state index contributed by atoms with van der Waals surface area (Å²) in [6.07, 6.45) is 1.76. The Bertz CT molecular complexity index is 452. The fourth-order valence-electron chi connectivity index (χ4n) is 1.24. The molecule has 98 valence electrons. The number of carbonyl (C=O) groups excluding carboxylic acids is 1. The molecule has 0 bridgehead atoms. The third kappa shape index (κ3) is 4.03. The minimum absolute atomic E-state index is 0.248. The number of benzene rings is 1. The van der Waals surface area contributed by atoms with Crippen molar-refractivity contribution in [3.63, 3.8) is 0 Å². The number of hydrogen-bond acceptors (Lipinski definition) is 3. The molecule has 3 N–H and O–H groups in total. The monoisotopic (exact) mass is 272 g/mol. The minimum atomic E-state index is -0.919. The molecule has 0 aliphatic heterocycles. The van der Waals surface area contributed by atoms with Crippen molar-refractivity contribution >= 4 is 23.4 Å². The van der Waals surface area contributed by atoms with Crippen LogP contribution in [-0.2, 0) is 0 Å². The Kier molecular flexibility index (Phi) is 5.64. The van der Waals surface area contributed by atoms with Gasteiger partial charge in [0.1, 0.15) is 11.6 Å². The number of carbonyl (C=O) groups is 1. The highest BCUT2D eigenvalue weighted by Gasteiger charge is 2.14. The molecule has 18 heavy (non-hydrogen) atoms. The van der Waals surface area contributed by atoms with Crippen molar-refractivity contribution in [1.82, 2.24) is 5.32 Å². The third-order valence-electron chi connectivity index (χ3n) is 2.10. The number of nitrogen functional groups attached to an aromatic ring is 1. The molecule has 0 aliphatic carbocycles. The zero-order valence-electron chi connectivity index (χ0n) is 9.71. The fourth-order valence-corrected chi connectivity index (χ4v) is 1.82. The maximum absolute atomic E-state index is 13.3. The van der Waals surface area contributed by atoms with E-state index in [1.807, 2.05) is 0 Å². The first-order valence-corrected chi connectivity index (χ1v) is 6.43. The summed E-state index contributed by atoms with van der Waals surface area (Å²) in [5, 5.41) is 2.53. The number of hydrogen-bond donors (Lipinski definition) is 2. The number of nitrogens with two attached hydrogens (primary N) is 1. The highest BCUT2D eigenvalue weighted by atomic mass is 32.2. The Labute approximate surface area is 108 Å². The number of thioether (sulfide) groups is 1. The van der Waals surface area contributed by atoms with E-state index < -0.39 is 17.5 Å². The zero-order chi connectivity index (χ0) is 13.5. The number of halogens is 2. The van der Waals surface area contributed by atoms with Crippen molar-refractivity contribution in [2.24, 2.45) is 0 Å². The molecule has 0 aromatic heterocycles. The number of nitrogens with one attached hydrogen (secondary N) is 1. The molecule has 1 aromatic carbocycles. The lowest BCUT2D eigenvalue weighted by molar-refractivity contribution is 0.0952. The van der Waals surface area contributed by atoms with Crippen LogP contribution in [-0.4, -0.2) is 24.0 Å². The van der Waals surface area contributed by atoms with Gasteiger partial charge in [-0.2, -0.15) is 11.8 Å². The molecule has 1 amide bonds. The number of anilines is 1. The quantitative estimate of drug-likeness (QED) is 0.474. The smallest absolute Gasteiger partial charge is 0.254 e. The number of rotatable bonds is 6. The van der Waals surface area contributed by atoms with E-state index >= 15 is 0 Å². The first-order chi connectivity index (χ1) is 8.56. The van der Waals surface area contributed by atoms with Crippen LogP contribution in [0.25, 0.3) is 0 Å². The Morgan fingerprint density at radius 1 is 1.44 bits per heavy atom. The van der Waals surface area contributed by atoms with E-state index in [1.165, 1.54) is 0 Å². The normalized spacial score (nSPS) is 10.1. The molecule has 0 spiro atoms. The Morgan fingerprint density at radius 2 is 2.17 bits per heavy atom. The minimum Gasteiger partial charge on any atom is -0.396 e. The van der Waals surface area contributed by atoms with Crippen molar-refractivity contribution in [1.29, 1.82) is 0 Å². The molecule has 0 aliphatic rings. The molecule has 3 nitrogen and oxygen atoms in total. The Hall–Kier alpha value is -1.56. The average molecular weight is 272 g/mol. The van der Waals surface area contributed by atoms with Gasteiger partial charge >= 0.3 is 0 Å². The summed E-state index contributed by atoms with van der Waals surface area (Å²) < 4.78 is 26.2. The van der Waals surface area contributed by atoms with Crippen molar-refractivity contribution in [3.05, 3.63) is 42.0 Å². The Morgan fingerprint density at radius 3 is 2.83 bits per heavy atom. The zero-order valence-corrected chi connectivity index (χ0v) is 10.5. The molecule has 0 fully saturated rings. The third-order valence-corrected chi connectivity index (χ3v) is 3.06. The van der Waals surface area contributed by atoms with Gasteiger partial charge in [0.15, 0.2) is 0 Å². The van der Waals surface area contributed by atoms with E-state index in [0.29, 0.717) is 18.4 Å². The summed E-state index contributed by atoms with van der Waals surface area (Å²) in [4.78, 5) is 11.6. The van der Waals surface area contributed by atoms with Gasteiger partial charge in [-0.1, -0.05) is 6.08 Å². The van der Waals surface area contributed by atoms with E-state index in [-0.39, 0.29) is 11.3 Å². The SMILES string of the molecule is C=CCSCCNC(=O)c1cc(N)c(F)cc1F. The predicted octanol–water partition coefficient (Wildman–Crippen LogP) is 2.20. The first kappa shape index (κ1) is 14.5. The lowest BCUT2D eigenvalue weighted by Crippen LogP contribution is -2.27. The highest BCUT2D eigenvalue weighted by Crippen LogP contribution is 2.16. The molecule has 0 radical (unpaired) electrons. The fraction of sp³-hybridized carbons (Fsp3) is 0.250. The van der Waals surface area contributed by atoms with Crippen LogP contribution in [0.15, 0.2) is 24.8 Å². The van der Waals surface area contributed by atoms with Gasteiger partial charge in [-0.3, -0.25) is 4.79 Å². The molecule has 0 heterocycles. The molecule has 1 aromatic rings. The van der Waals surface area contributed by atoms with Crippen molar-refractivity contribution in [3.8, 4) is 0 Å². The maximum atomic E-state index is 13.3. The molecule has 1 rings (SSSR count). The van der Waals surface area contributed by atoms with Gasteiger partial charge in [0, 0.05) is 24.1 Å². The Balaban J connectivity index is 2.56. The van der Waals surface area contributed by atoms with Crippen LogP contribution in [0.1, 0.15) is 10.4 Å². The van der Waals surface area contributed by atoms with Gasteiger partial charge < -0.3 is 11.1 Å². The summed E-state index contributed by atoms with van der Waals surface area (Å²) >= 11 is 1.59. The van der Waals surface area contributed by atoms with E-state index in [9.17, 15) is 13.6 Å². The summed E-state index contributed by atoms with van der Waals surface area (Å²) in [6, 6.07) is 1.60. The second-order valence-electron chi connectivity index (χ2n) is 3.47. The van der Waals surface area contributed by atoms with Gasteiger partial charge in [-0.05, 0) is 6.07 Å². The van der Waals surface area contributed by atoms with E-state index in [0.717, 1.165) is 11.8 Å². The van der Waals surface area contributed by atoms with Gasteiger partial charge in [-0.25, -0.2) is 8.78 Å². The first-order valence-electron chi connectivity index (χ1n) is 5.27. The van der Waals surface area contributed by atoms with Crippen LogP contribution in [0.3, 0.4) is 0 Å². The summed E-state index contributed by atoms with van der Waals surface area (Å²) in [6.45, 7) is 3.96. The standard InChI is InChI=1S/C12H14F2N2OS/c1-2-4-18-5-3-16-12(17)8-6-11(15)10(14)7-9(8)13/h2,6-7H,1,3-5,15H2,(H,16,17). The molecule has 0 unspecified atom stereocenters. The molecule has 0 saturated carbocycles. The molecule has 0 saturated heterocycles. The van der Waals surface area contributed by atoms with Crippen LogP contribution in [0.4, 0.5) is 14.5 Å². The van der Waals surface area contributed by atoms with Gasteiger partial charge in [-0.15, -0.1) is 6.58 Å². The molecule has 6 heteroatoms. The maximum Gasteiger partial charge on any atom is 0.254 e.